The molecule has 1 rings (SSSR count). The first kappa shape index (κ1) is 23.0. The summed E-state index contributed by atoms with van der Waals surface area (Å²) < 4.78 is 10.5. The molecule has 0 aliphatic carbocycles. The van der Waals surface area contributed by atoms with E-state index in [9.17, 15) is 19.6 Å². The minimum absolute atomic E-state index is 0.201. The molecule has 1 N–H and O–H groups in total. The van der Waals surface area contributed by atoms with E-state index in [-0.39, 0.29) is 5.56 Å². The standard InChI is InChI=1S/C20H27N3O5/c1-14(24)20(13-21,15-11-9-8-10-12-15)23(17(26)28-19(5,6)7)22-16(25)27-18(2,3)4/h8-12H,1-7H3,(H,22,25). The van der Waals surface area contributed by atoms with Crippen LogP contribution in [-0.4, -0.2) is 34.2 Å². The molecule has 0 heterocycles. The molecule has 1 atom stereocenters. The fourth-order valence-electron chi connectivity index (χ4n) is 2.33. The molecule has 0 fully saturated rings. The number of ketones is 1. The van der Waals surface area contributed by atoms with Crippen LogP contribution in [0.2, 0.25) is 0 Å². The van der Waals surface area contributed by atoms with Crippen LogP contribution < -0.4 is 5.43 Å². The molecule has 1 unspecified atom stereocenters. The minimum Gasteiger partial charge on any atom is -0.443 e. The topological polar surface area (TPSA) is 109 Å². The maximum Gasteiger partial charge on any atom is 0.431 e. The number of hydrazine groups is 1. The van der Waals surface area contributed by atoms with Gasteiger partial charge in [-0.15, -0.1) is 0 Å². The Morgan fingerprint density at radius 1 is 0.964 bits per heavy atom. The third kappa shape index (κ3) is 5.71. The average Bonchev–Trinajstić information content (AvgIpc) is 2.52. The van der Waals surface area contributed by atoms with Gasteiger partial charge in [-0.2, -0.15) is 10.3 Å². The van der Waals surface area contributed by atoms with E-state index in [1.165, 1.54) is 12.1 Å². The average molecular weight is 389 g/mol. The SMILES string of the molecule is CC(=O)C(C#N)(c1ccccc1)N(NC(=O)OC(C)(C)C)C(=O)OC(C)(C)C. The van der Waals surface area contributed by atoms with Crippen molar-refractivity contribution in [3.05, 3.63) is 35.9 Å². The zero-order valence-electron chi connectivity index (χ0n) is 17.3. The molecular formula is C20H27N3O5. The molecule has 0 aromatic heterocycles. The fraction of sp³-hybridized carbons (Fsp3) is 0.500. The van der Waals surface area contributed by atoms with Crippen molar-refractivity contribution in [2.75, 3.05) is 0 Å². The summed E-state index contributed by atoms with van der Waals surface area (Å²) in [6.45, 7) is 11.0. The monoisotopic (exact) mass is 389 g/mol. The van der Waals surface area contributed by atoms with Crippen LogP contribution in [0.3, 0.4) is 0 Å². The molecular weight excluding hydrogens is 362 g/mol. The summed E-state index contributed by atoms with van der Waals surface area (Å²) >= 11 is 0. The minimum atomic E-state index is -2.14. The van der Waals surface area contributed by atoms with Crippen molar-refractivity contribution in [2.24, 2.45) is 0 Å². The molecule has 0 radical (unpaired) electrons. The summed E-state index contributed by atoms with van der Waals surface area (Å²) in [4.78, 5) is 37.8. The highest BCUT2D eigenvalue weighted by molar-refractivity contribution is 5.94. The lowest BCUT2D eigenvalue weighted by Crippen LogP contribution is -2.62. The zero-order valence-corrected chi connectivity index (χ0v) is 17.3. The van der Waals surface area contributed by atoms with Crippen molar-refractivity contribution in [3.8, 4) is 6.07 Å². The third-order valence-electron chi connectivity index (χ3n) is 3.38. The van der Waals surface area contributed by atoms with Crippen LogP contribution in [0.5, 0.6) is 0 Å². The van der Waals surface area contributed by atoms with Gasteiger partial charge in [-0.05, 0) is 48.5 Å². The van der Waals surface area contributed by atoms with Gasteiger partial charge in [-0.3, -0.25) is 4.79 Å². The molecule has 1 aromatic carbocycles. The molecule has 8 nitrogen and oxygen atoms in total. The van der Waals surface area contributed by atoms with Gasteiger partial charge in [0.15, 0.2) is 5.78 Å². The number of amides is 2. The molecule has 8 heteroatoms. The normalized spacial score (nSPS) is 13.5. The Labute approximate surface area is 165 Å². The number of benzene rings is 1. The number of Topliss-reactive ketones (excluding diaryl/α,β-unsaturated/α-hetero) is 1. The van der Waals surface area contributed by atoms with E-state index in [1.807, 2.05) is 6.07 Å². The lowest BCUT2D eigenvalue weighted by atomic mass is 9.87. The fourth-order valence-corrected chi connectivity index (χ4v) is 2.33. The molecule has 152 valence electrons. The second kappa shape index (κ2) is 8.30. The van der Waals surface area contributed by atoms with Gasteiger partial charge in [0.1, 0.15) is 17.3 Å². The Hall–Kier alpha value is -3.08. The Balaban J connectivity index is 3.52. The van der Waals surface area contributed by atoms with Gasteiger partial charge < -0.3 is 9.47 Å². The molecule has 0 saturated carbocycles. The van der Waals surface area contributed by atoms with Crippen LogP contribution in [0, 0.1) is 11.3 Å². The number of carbonyl (C=O) groups is 3. The second-order valence-corrected chi connectivity index (χ2v) is 8.17. The van der Waals surface area contributed by atoms with Crippen molar-refractivity contribution < 1.29 is 23.9 Å². The number of hydrogen-bond donors (Lipinski definition) is 1. The Kier molecular flexibility index (Phi) is 6.80. The highest BCUT2D eigenvalue weighted by Crippen LogP contribution is 2.30. The third-order valence-corrected chi connectivity index (χ3v) is 3.38. The highest BCUT2D eigenvalue weighted by atomic mass is 16.6. The number of rotatable bonds is 3. The van der Waals surface area contributed by atoms with Crippen molar-refractivity contribution in [3.63, 3.8) is 0 Å². The maximum absolute atomic E-state index is 12.9. The van der Waals surface area contributed by atoms with Crippen LogP contribution in [0.25, 0.3) is 0 Å². The predicted molar refractivity (Wildman–Crippen MR) is 102 cm³/mol. The van der Waals surface area contributed by atoms with E-state index >= 15 is 0 Å². The molecule has 28 heavy (non-hydrogen) atoms. The van der Waals surface area contributed by atoms with Gasteiger partial charge in [0.2, 0.25) is 5.54 Å². The highest BCUT2D eigenvalue weighted by Gasteiger charge is 2.49. The summed E-state index contributed by atoms with van der Waals surface area (Å²) in [7, 11) is 0. The molecule has 0 aliphatic heterocycles. The van der Waals surface area contributed by atoms with E-state index in [0.29, 0.717) is 5.01 Å². The summed E-state index contributed by atoms with van der Waals surface area (Å²) in [5.41, 5.74) is -1.51. The van der Waals surface area contributed by atoms with Crippen molar-refractivity contribution in [1.82, 2.24) is 10.4 Å². The first-order valence-electron chi connectivity index (χ1n) is 8.73. The predicted octanol–water partition coefficient (Wildman–Crippen LogP) is 3.67. The number of nitrogens with zero attached hydrogens (tertiary/aromatic N) is 2. The lowest BCUT2D eigenvalue weighted by Gasteiger charge is -2.37. The smallest absolute Gasteiger partial charge is 0.431 e. The van der Waals surface area contributed by atoms with Crippen LogP contribution in [0.4, 0.5) is 9.59 Å². The first-order chi connectivity index (χ1) is 12.7. The van der Waals surface area contributed by atoms with Crippen LogP contribution in [-0.2, 0) is 19.8 Å². The molecule has 1 aromatic rings. The van der Waals surface area contributed by atoms with E-state index < -0.39 is 34.7 Å². The van der Waals surface area contributed by atoms with Gasteiger partial charge in [0.25, 0.3) is 0 Å². The maximum atomic E-state index is 12.9. The molecule has 0 bridgehead atoms. The largest absolute Gasteiger partial charge is 0.443 e. The van der Waals surface area contributed by atoms with Gasteiger partial charge >= 0.3 is 12.2 Å². The number of hydrogen-bond acceptors (Lipinski definition) is 6. The zero-order chi connectivity index (χ0) is 21.8. The Morgan fingerprint density at radius 3 is 1.86 bits per heavy atom. The number of carbonyl (C=O) groups excluding carboxylic acids is 3. The van der Waals surface area contributed by atoms with Gasteiger partial charge in [-0.1, -0.05) is 30.3 Å². The number of nitriles is 1. The van der Waals surface area contributed by atoms with Crippen molar-refractivity contribution >= 4 is 18.0 Å². The van der Waals surface area contributed by atoms with Crippen LogP contribution >= 0.6 is 0 Å². The molecule has 0 saturated heterocycles. The van der Waals surface area contributed by atoms with E-state index in [1.54, 1.807) is 59.7 Å². The first-order valence-corrected chi connectivity index (χ1v) is 8.73. The van der Waals surface area contributed by atoms with Gasteiger partial charge in [0, 0.05) is 5.56 Å². The Morgan fingerprint density at radius 2 is 1.46 bits per heavy atom. The van der Waals surface area contributed by atoms with Gasteiger partial charge in [0.05, 0.1) is 0 Å². The van der Waals surface area contributed by atoms with E-state index in [4.69, 9.17) is 9.47 Å². The van der Waals surface area contributed by atoms with Crippen LogP contribution in [0.1, 0.15) is 54.0 Å². The van der Waals surface area contributed by atoms with Crippen molar-refractivity contribution in [2.45, 2.75) is 65.2 Å². The quantitative estimate of drug-likeness (QED) is 0.790. The van der Waals surface area contributed by atoms with Gasteiger partial charge in [-0.25, -0.2) is 15.0 Å². The van der Waals surface area contributed by atoms with Crippen LogP contribution in [0.15, 0.2) is 30.3 Å². The van der Waals surface area contributed by atoms with E-state index in [0.717, 1.165) is 6.92 Å². The second-order valence-electron chi connectivity index (χ2n) is 8.17. The summed E-state index contributed by atoms with van der Waals surface area (Å²) in [5, 5.41) is 10.5. The summed E-state index contributed by atoms with van der Waals surface area (Å²) in [6, 6.07) is 9.83. The summed E-state index contributed by atoms with van der Waals surface area (Å²) in [5.74, 6) is -0.678. The lowest BCUT2D eigenvalue weighted by molar-refractivity contribution is -0.128. The molecule has 2 amide bonds. The number of nitrogens with one attached hydrogen (secondary N) is 1. The molecule has 0 aliphatic rings. The van der Waals surface area contributed by atoms with E-state index in [2.05, 4.69) is 5.43 Å². The summed E-state index contributed by atoms with van der Waals surface area (Å²) in [6.07, 6.45) is -2.07. The number of ether oxygens (including phenoxy) is 2. The Bertz CT molecular complexity index is 772. The van der Waals surface area contributed by atoms with Crippen molar-refractivity contribution in [1.29, 1.82) is 5.26 Å². The molecule has 0 spiro atoms.